The zero-order valence-corrected chi connectivity index (χ0v) is 21.6. The van der Waals surface area contributed by atoms with Crippen LogP contribution in [-0.2, 0) is 35.1 Å². The smallest absolute Gasteiger partial charge is 0.249 e. The molecule has 4 rings (SSSR count). The predicted octanol–water partition coefficient (Wildman–Crippen LogP) is 1.22. The number of ether oxygens (including phenoxy) is 3. The Labute approximate surface area is 214 Å². The first-order valence-electron chi connectivity index (χ1n) is 11.9. The van der Waals surface area contributed by atoms with Gasteiger partial charge in [0.2, 0.25) is 17.7 Å². The number of methoxy groups -OCH3 is 2. The van der Waals surface area contributed by atoms with Crippen LogP contribution in [0.3, 0.4) is 0 Å². The number of carbonyl (C=O) groups is 3. The molecule has 3 unspecified atom stereocenters. The van der Waals surface area contributed by atoms with Gasteiger partial charge in [0.25, 0.3) is 0 Å². The van der Waals surface area contributed by atoms with E-state index in [1.54, 1.807) is 18.4 Å². The summed E-state index contributed by atoms with van der Waals surface area (Å²) in [7, 11) is 3.01. The van der Waals surface area contributed by atoms with Crippen molar-refractivity contribution in [3.05, 3.63) is 41.0 Å². The summed E-state index contributed by atoms with van der Waals surface area (Å²) in [5.74, 6) is -0.848. The molecule has 10 nitrogen and oxygen atoms in total. The van der Waals surface area contributed by atoms with Crippen LogP contribution in [-0.4, -0.2) is 97.8 Å². The minimum absolute atomic E-state index is 0.0857. The van der Waals surface area contributed by atoms with Gasteiger partial charge in [0.1, 0.15) is 18.7 Å². The van der Waals surface area contributed by atoms with E-state index in [2.05, 4.69) is 10.3 Å². The highest BCUT2D eigenvalue weighted by Gasteiger charge is 2.44. The van der Waals surface area contributed by atoms with E-state index in [-0.39, 0.29) is 43.6 Å². The Kier molecular flexibility index (Phi) is 8.68. The maximum Gasteiger partial charge on any atom is 0.249 e. The van der Waals surface area contributed by atoms with Crippen molar-refractivity contribution in [1.82, 2.24) is 20.1 Å². The first kappa shape index (κ1) is 26.2. The van der Waals surface area contributed by atoms with Crippen LogP contribution >= 0.6 is 11.3 Å². The third kappa shape index (κ3) is 5.75. The van der Waals surface area contributed by atoms with Crippen molar-refractivity contribution in [3.63, 3.8) is 0 Å². The molecular formula is C25H32N4O6S. The normalized spacial score (nSPS) is 22.0. The third-order valence-electron chi connectivity index (χ3n) is 6.61. The van der Waals surface area contributed by atoms with Gasteiger partial charge >= 0.3 is 0 Å². The van der Waals surface area contributed by atoms with Crippen molar-refractivity contribution in [2.45, 2.75) is 38.1 Å². The van der Waals surface area contributed by atoms with Crippen LogP contribution in [0.4, 0.5) is 0 Å². The topological polar surface area (TPSA) is 110 Å². The molecular weight excluding hydrogens is 484 g/mol. The zero-order valence-electron chi connectivity index (χ0n) is 20.8. The van der Waals surface area contributed by atoms with Crippen molar-refractivity contribution < 1.29 is 28.6 Å². The van der Waals surface area contributed by atoms with E-state index in [4.69, 9.17) is 14.2 Å². The van der Waals surface area contributed by atoms with Crippen LogP contribution in [0.25, 0.3) is 10.4 Å². The number of carbonyl (C=O) groups excluding carboxylic acids is 3. The standard InChI is InChI=1S/C25H32N4O6S/c1-16-23(36-15-27-16)18-6-4-17(5-7-18)11-26-24(31)20-10-19(34-3)12-29(20)25(32)21-13-35-9-8-28(21)22(30)14-33-2/h4-7,15,19-21H,8-14H2,1-3H3,(H,26,31). The van der Waals surface area contributed by atoms with Crippen molar-refractivity contribution in [2.75, 3.05) is 47.1 Å². The van der Waals surface area contributed by atoms with Gasteiger partial charge in [0.05, 0.1) is 35.4 Å². The quantitative estimate of drug-likeness (QED) is 0.562. The lowest BCUT2D eigenvalue weighted by atomic mass is 10.1. The fourth-order valence-electron chi connectivity index (χ4n) is 4.62. The number of likely N-dealkylation sites (tertiary alicyclic amines) is 1. The minimum Gasteiger partial charge on any atom is -0.380 e. The molecule has 1 N–H and O–H groups in total. The Morgan fingerprint density at radius 1 is 1.17 bits per heavy atom. The molecule has 11 heteroatoms. The van der Waals surface area contributed by atoms with Crippen LogP contribution in [0, 0.1) is 6.92 Å². The number of benzene rings is 1. The molecule has 2 aliphatic heterocycles. The number of nitrogens with zero attached hydrogens (tertiary/aromatic N) is 3. The van der Waals surface area contributed by atoms with Crippen LogP contribution in [0.5, 0.6) is 0 Å². The number of aryl methyl sites for hydroxylation is 1. The highest BCUT2D eigenvalue weighted by Crippen LogP contribution is 2.27. The molecule has 1 aromatic heterocycles. The molecule has 0 radical (unpaired) electrons. The maximum atomic E-state index is 13.5. The largest absolute Gasteiger partial charge is 0.380 e. The van der Waals surface area contributed by atoms with Gasteiger partial charge in [-0.25, -0.2) is 4.98 Å². The first-order valence-corrected chi connectivity index (χ1v) is 12.8. The lowest BCUT2D eigenvalue weighted by Gasteiger charge is -2.37. The monoisotopic (exact) mass is 516 g/mol. The Balaban J connectivity index is 1.42. The average Bonchev–Trinajstić information content (AvgIpc) is 3.53. The van der Waals surface area contributed by atoms with E-state index in [1.165, 1.54) is 16.9 Å². The summed E-state index contributed by atoms with van der Waals surface area (Å²) in [6, 6.07) is 6.50. The maximum absolute atomic E-state index is 13.5. The number of morpholine rings is 1. The van der Waals surface area contributed by atoms with E-state index in [9.17, 15) is 14.4 Å². The van der Waals surface area contributed by atoms with E-state index in [0.29, 0.717) is 26.1 Å². The van der Waals surface area contributed by atoms with Gasteiger partial charge in [-0.2, -0.15) is 0 Å². The van der Waals surface area contributed by atoms with Crippen LogP contribution in [0.1, 0.15) is 17.7 Å². The summed E-state index contributed by atoms with van der Waals surface area (Å²) in [5, 5.41) is 2.96. The third-order valence-corrected chi connectivity index (χ3v) is 7.59. The van der Waals surface area contributed by atoms with Gasteiger partial charge < -0.3 is 29.3 Å². The molecule has 36 heavy (non-hydrogen) atoms. The number of nitrogens with one attached hydrogen (secondary N) is 1. The second-order valence-corrected chi connectivity index (χ2v) is 9.75. The van der Waals surface area contributed by atoms with Crippen molar-refractivity contribution in [3.8, 4) is 10.4 Å². The second-order valence-electron chi connectivity index (χ2n) is 8.89. The molecule has 2 aromatic rings. The number of aromatic nitrogens is 1. The van der Waals surface area contributed by atoms with Crippen LogP contribution < -0.4 is 5.32 Å². The summed E-state index contributed by atoms with van der Waals surface area (Å²) in [6.07, 6.45) is 0.122. The second kappa shape index (κ2) is 11.9. The number of thiazole rings is 1. The highest BCUT2D eigenvalue weighted by atomic mass is 32.1. The Morgan fingerprint density at radius 3 is 2.61 bits per heavy atom. The molecule has 0 spiro atoms. The molecule has 0 aliphatic carbocycles. The van der Waals surface area contributed by atoms with E-state index < -0.39 is 12.1 Å². The van der Waals surface area contributed by atoms with Crippen molar-refractivity contribution in [1.29, 1.82) is 0 Å². The molecule has 2 saturated heterocycles. The van der Waals surface area contributed by atoms with Gasteiger partial charge in [-0.1, -0.05) is 24.3 Å². The molecule has 1 aromatic carbocycles. The number of hydrogen-bond acceptors (Lipinski definition) is 8. The number of amides is 3. The van der Waals surface area contributed by atoms with Crippen molar-refractivity contribution >= 4 is 29.1 Å². The fourth-order valence-corrected chi connectivity index (χ4v) is 5.44. The average molecular weight is 517 g/mol. The molecule has 2 aliphatic rings. The lowest BCUT2D eigenvalue weighted by molar-refractivity contribution is -0.157. The zero-order chi connectivity index (χ0) is 25.7. The Hall–Kier alpha value is -2.86. The number of hydrogen-bond donors (Lipinski definition) is 1. The molecule has 2 fully saturated rings. The van der Waals surface area contributed by atoms with Crippen LogP contribution in [0.15, 0.2) is 29.8 Å². The predicted molar refractivity (Wildman–Crippen MR) is 133 cm³/mol. The van der Waals surface area contributed by atoms with Gasteiger partial charge in [-0.3, -0.25) is 14.4 Å². The van der Waals surface area contributed by atoms with Gasteiger partial charge in [-0.15, -0.1) is 11.3 Å². The number of rotatable bonds is 8. The summed E-state index contributed by atoms with van der Waals surface area (Å²) in [4.78, 5) is 47.6. The van der Waals surface area contributed by atoms with Gasteiger partial charge in [0.15, 0.2) is 0 Å². The van der Waals surface area contributed by atoms with E-state index in [1.807, 2.05) is 36.7 Å². The molecule has 3 heterocycles. The molecule has 3 amide bonds. The summed E-state index contributed by atoms with van der Waals surface area (Å²) < 4.78 is 16.0. The minimum atomic E-state index is -0.796. The molecule has 3 atom stereocenters. The summed E-state index contributed by atoms with van der Waals surface area (Å²) in [5.41, 5.74) is 4.85. The van der Waals surface area contributed by atoms with Crippen molar-refractivity contribution in [2.24, 2.45) is 0 Å². The van der Waals surface area contributed by atoms with Crippen LogP contribution in [0.2, 0.25) is 0 Å². The molecule has 194 valence electrons. The first-order chi connectivity index (χ1) is 17.4. The Morgan fingerprint density at radius 2 is 1.94 bits per heavy atom. The summed E-state index contributed by atoms with van der Waals surface area (Å²) in [6.45, 7) is 3.21. The highest BCUT2D eigenvalue weighted by molar-refractivity contribution is 7.13. The molecule has 0 saturated carbocycles. The lowest BCUT2D eigenvalue weighted by Crippen LogP contribution is -2.59. The van der Waals surface area contributed by atoms with Gasteiger partial charge in [0, 0.05) is 40.3 Å². The molecule has 0 bridgehead atoms. The summed E-state index contributed by atoms with van der Waals surface area (Å²) >= 11 is 1.59. The fraction of sp³-hybridized carbons (Fsp3) is 0.520. The van der Waals surface area contributed by atoms with E-state index >= 15 is 0 Å². The SMILES string of the molecule is COCC(=O)N1CCOCC1C(=O)N1CC(OC)CC1C(=O)NCc1ccc(-c2scnc2C)cc1. The van der Waals surface area contributed by atoms with E-state index in [0.717, 1.165) is 21.7 Å². The van der Waals surface area contributed by atoms with Gasteiger partial charge in [-0.05, 0) is 18.1 Å². The Bertz CT molecular complexity index is 1070.